The molecule has 0 atom stereocenters. The average Bonchev–Trinajstić information content (AvgIpc) is 3.15. The van der Waals surface area contributed by atoms with Crippen LogP contribution in [0.2, 0.25) is 0 Å². The monoisotopic (exact) mass is 304 g/mol. The molecule has 0 aliphatic carbocycles. The standard InChI is InChI=1S/C16H12N6O/c1-10-13-15(21(19-10)11-7-5-4-6-8-11)20(3)14-12(17-2)9-18-22(14)16(13)23/h4-9H,1,3H3. The zero-order valence-corrected chi connectivity index (χ0v) is 12.6. The van der Waals surface area contributed by atoms with Gasteiger partial charge in [0.1, 0.15) is 16.7 Å². The summed E-state index contributed by atoms with van der Waals surface area (Å²) < 4.78 is 4.79. The first kappa shape index (κ1) is 13.3. The lowest BCUT2D eigenvalue weighted by Crippen LogP contribution is -2.19. The molecule has 0 N–H and O–H groups in total. The smallest absolute Gasteiger partial charge is 0.284 e. The predicted molar refractivity (Wildman–Crippen MR) is 86.1 cm³/mol. The van der Waals surface area contributed by atoms with Crippen molar-refractivity contribution in [1.29, 1.82) is 0 Å². The van der Waals surface area contributed by atoms with E-state index in [1.165, 1.54) is 10.7 Å². The molecule has 0 unspecified atom stereocenters. The highest BCUT2D eigenvalue weighted by molar-refractivity contribution is 5.84. The molecule has 7 nitrogen and oxygen atoms in total. The zero-order valence-electron chi connectivity index (χ0n) is 12.6. The summed E-state index contributed by atoms with van der Waals surface area (Å²) in [7, 11) is 1.81. The molecule has 0 radical (unpaired) electrons. The highest BCUT2D eigenvalue weighted by Crippen LogP contribution is 2.24. The van der Waals surface area contributed by atoms with Crippen molar-refractivity contribution in [2.24, 2.45) is 7.05 Å². The van der Waals surface area contributed by atoms with Crippen LogP contribution in [0.1, 0.15) is 5.69 Å². The summed E-state index contributed by atoms with van der Waals surface area (Å²) in [5.41, 5.74) is 2.68. The maximum atomic E-state index is 12.8. The first-order valence-electron chi connectivity index (χ1n) is 7.02. The number of aryl methyl sites for hydroxylation is 2. The third-order valence-corrected chi connectivity index (χ3v) is 3.92. The molecule has 7 heteroatoms. The molecule has 0 saturated heterocycles. The highest BCUT2D eigenvalue weighted by Gasteiger charge is 2.20. The first-order valence-corrected chi connectivity index (χ1v) is 7.02. The van der Waals surface area contributed by atoms with Gasteiger partial charge in [0.2, 0.25) is 5.69 Å². The fourth-order valence-electron chi connectivity index (χ4n) is 2.91. The van der Waals surface area contributed by atoms with Crippen LogP contribution in [0.4, 0.5) is 5.69 Å². The summed E-state index contributed by atoms with van der Waals surface area (Å²) in [5.74, 6) is 0. The minimum Gasteiger partial charge on any atom is -0.322 e. The van der Waals surface area contributed by atoms with Crippen LogP contribution < -0.4 is 5.56 Å². The van der Waals surface area contributed by atoms with Crippen molar-refractivity contribution in [2.75, 3.05) is 0 Å². The topological polar surface area (TPSA) is 61.5 Å². The molecule has 4 rings (SSSR count). The summed E-state index contributed by atoms with van der Waals surface area (Å²) in [5, 5.41) is 9.08. The summed E-state index contributed by atoms with van der Waals surface area (Å²) in [6, 6.07) is 9.60. The van der Waals surface area contributed by atoms with Crippen LogP contribution in [-0.4, -0.2) is 24.0 Å². The summed E-state index contributed by atoms with van der Waals surface area (Å²) >= 11 is 0. The van der Waals surface area contributed by atoms with Gasteiger partial charge in [0, 0.05) is 7.05 Å². The van der Waals surface area contributed by atoms with Crippen molar-refractivity contribution in [3.8, 4) is 5.69 Å². The Morgan fingerprint density at radius 1 is 1.17 bits per heavy atom. The molecule has 0 saturated carbocycles. The number of benzene rings is 1. The number of nitrogens with zero attached hydrogens (tertiary/aromatic N) is 6. The molecule has 0 amide bonds. The van der Waals surface area contributed by atoms with Crippen molar-refractivity contribution < 1.29 is 0 Å². The minimum absolute atomic E-state index is 0.261. The normalized spacial score (nSPS) is 11.2. The van der Waals surface area contributed by atoms with Crippen LogP contribution in [0.3, 0.4) is 0 Å². The number of para-hydroxylation sites is 1. The Morgan fingerprint density at radius 2 is 1.91 bits per heavy atom. The van der Waals surface area contributed by atoms with E-state index in [1.807, 2.05) is 37.4 Å². The second kappa shape index (κ2) is 4.55. The molecule has 0 spiro atoms. The van der Waals surface area contributed by atoms with Crippen molar-refractivity contribution in [2.45, 2.75) is 6.92 Å². The minimum atomic E-state index is -0.261. The molecule has 3 aromatic heterocycles. The van der Waals surface area contributed by atoms with Crippen LogP contribution in [0.15, 0.2) is 41.3 Å². The fourth-order valence-corrected chi connectivity index (χ4v) is 2.91. The van der Waals surface area contributed by atoms with E-state index in [-0.39, 0.29) is 5.56 Å². The molecule has 23 heavy (non-hydrogen) atoms. The second-order valence-electron chi connectivity index (χ2n) is 5.27. The maximum absolute atomic E-state index is 12.8. The van der Waals surface area contributed by atoms with Gasteiger partial charge in [-0.3, -0.25) is 4.79 Å². The van der Waals surface area contributed by atoms with Gasteiger partial charge in [-0.25, -0.2) is 9.53 Å². The summed E-state index contributed by atoms with van der Waals surface area (Å²) in [4.78, 5) is 16.2. The Labute approximate surface area is 130 Å². The maximum Gasteiger partial charge on any atom is 0.284 e. The Balaban J connectivity index is 2.27. The number of hydrogen-bond donors (Lipinski definition) is 0. The molecule has 0 fully saturated rings. The quantitative estimate of drug-likeness (QED) is 0.507. The van der Waals surface area contributed by atoms with Gasteiger partial charge in [-0.1, -0.05) is 18.2 Å². The van der Waals surface area contributed by atoms with E-state index in [2.05, 4.69) is 15.0 Å². The second-order valence-corrected chi connectivity index (χ2v) is 5.27. The highest BCUT2D eigenvalue weighted by atomic mass is 16.1. The molecule has 3 heterocycles. The van der Waals surface area contributed by atoms with E-state index in [9.17, 15) is 4.79 Å². The Hall–Kier alpha value is -3.40. The molecular formula is C16H12N6O. The van der Waals surface area contributed by atoms with Gasteiger partial charge in [0.05, 0.1) is 24.2 Å². The molecular weight excluding hydrogens is 292 g/mol. The fraction of sp³-hybridized carbons (Fsp3) is 0.125. The van der Waals surface area contributed by atoms with E-state index < -0.39 is 0 Å². The summed E-state index contributed by atoms with van der Waals surface area (Å²) in [6.45, 7) is 9.07. The van der Waals surface area contributed by atoms with E-state index >= 15 is 0 Å². The molecule has 1 aromatic carbocycles. The molecule has 4 aromatic rings. The van der Waals surface area contributed by atoms with Gasteiger partial charge < -0.3 is 4.57 Å². The lowest BCUT2D eigenvalue weighted by molar-refractivity contribution is 0.813. The number of hydrogen-bond acceptors (Lipinski definition) is 3. The molecule has 112 valence electrons. The van der Waals surface area contributed by atoms with Crippen LogP contribution in [0, 0.1) is 13.5 Å². The molecule has 0 bridgehead atoms. The number of rotatable bonds is 1. The Morgan fingerprint density at radius 3 is 2.61 bits per heavy atom. The molecule has 0 aliphatic heterocycles. The van der Waals surface area contributed by atoms with Crippen molar-refractivity contribution in [3.63, 3.8) is 0 Å². The van der Waals surface area contributed by atoms with E-state index in [0.717, 1.165) is 5.69 Å². The van der Waals surface area contributed by atoms with Crippen molar-refractivity contribution in [1.82, 2.24) is 24.0 Å². The number of fused-ring (bicyclic) bond motifs is 2. The van der Waals surface area contributed by atoms with Crippen molar-refractivity contribution >= 4 is 22.4 Å². The number of aromatic nitrogens is 5. The Bertz CT molecular complexity index is 1160. The Kier molecular flexibility index (Phi) is 2.62. The van der Waals surface area contributed by atoms with Crippen LogP contribution in [0.5, 0.6) is 0 Å². The van der Waals surface area contributed by atoms with Crippen LogP contribution in [0.25, 0.3) is 27.2 Å². The third kappa shape index (κ3) is 1.66. The van der Waals surface area contributed by atoms with E-state index in [4.69, 9.17) is 6.57 Å². The lowest BCUT2D eigenvalue weighted by Gasteiger charge is -2.09. The zero-order chi connectivity index (χ0) is 16.1. The van der Waals surface area contributed by atoms with Gasteiger partial charge in [-0.2, -0.15) is 14.7 Å². The summed E-state index contributed by atoms with van der Waals surface area (Å²) in [6.07, 6.45) is 1.41. The predicted octanol–water partition coefficient (Wildman–Crippen LogP) is 2.23. The third-order valence-electron chi connectivity index (χ3n) is 3.92. The first-order chi connectivity index (χ1) is 11.1. The SMILES string of the molecule is [C-]#[N+]c1cnn2c(=O)c3c(C)nn(-c4ccccc4)c3n(C)c12. The van der Waals surface area contributed by atoms with E-state index in [1.54, 1.807) is 16.2 Å². The van der Waals surface area contributed by atoms with Crippen molar-refractivity contribution in [3.05, 3.63) is 64.0 Å². The van der Waals surface area contributed by atoms with Crippen LogP contribution in [-0.2, 0) is 7.05 Å². The van der Waals surface area contributed by atoms with Gasteiger partial charge in [-0.15, -0.1) is 0 Å². The van der Waals surface area contributed by atoms with Gasteiger partial charge in [-0.05, 0) is 19.1 Å². The van der Waals surface area contributed by atoms with E-state index in [0.29, 0.717) is 28.1 Å². The molecule has 0 aliphatic rings. The lowest BCUT2D eigenvalue weighted by atomic mass is 10.3. The van der Waals surface area contributed by atoms with Gasteiger partial charge in [0.25, 0.3) is 5.56 Å². The van der Waals surface area contributed by atoms with Gasteiger partial charge in [0.15, 0.2) is 0 Å². The van der Waals surface area contributed by atoms with Crippen LogP contribution >= 0.6 is 0 Å². The largest absolute Gasteiger partial charge is 0.322 e. The van der Waals surface area contributed by atoms with Gasteiger partial charge >= 0.3 is 0 Å². The average molecular weight is 304 g/mol.